The third-order valence-electron chi connectivity index (χ3n) is 5.36. The number of aliphatic hydroxyl groups is 1. The number of aliphatic hydroxyl groups excluding tert-OH is 1. The third kappa shape index (κ3) is 2.29. The van der Waals surface area contributed by atoms with Gasteiger partial charge < -0.3 is 9.84 Å². The lowest BCUT2D eigenvalue weighted by molar-refractivity contribution is -0.0544. The zero-order valence-corrected chi connectivity index (χ0v) is 13.2. The van der Waals surface area contributed by atoms with Crippen LogP contribution in [-0.2, 0) is 0 Å². The van der Waals surface area contributed by atoms with Crippen LogP contribution in [0.2, 0.25) is 0 Å². The molecule has 108 valence electrons. The van der Waals surface area contributed by atoms with Gasteiger partial charge in [0.15, 0.2) is 0 Å². The molecule has 3 unspecified atom stereocenters. The molecule has 1 aromatic rings. The first-order valence-corrected chi connectivity index (χ1v) is 8.61. The second-order valence-corrected chi connectivity index (χ2v) is 7.80. The van der Waals surface area contributed by atoms with Crippen LogP contribution < -0.4 is 4.74 Å². The van der Waals surface area contributed by atoms with Crippen molar-refractivity contribution in [1.29, 1.82) is 0 Å². The second kappa shape index (κ2) is 4.74. The fourth-order valence-corrected chi connectivity index (χ4v) is 4.57. The van der Waals surface area contributed by atoms with Crippen molar-refractivity contribution in [2.75, 3.05) is 0 Å². The highest BCUT2D eigenvalue weighted by molar-refractivity contribution is 9.10. The molecule has 3 atom stereocenters. The molecule has 3 aliphatic rings. The maximum absolute atomic E-state index is 10.5. The van der Waals surface area contributed by atoms with E-state index < -0.39 is 0 Å². The van der Waals surface area contributed by atoms with Crippen LogP contribution >= 0.6 is 15.9 Å². The predicted molar refractivity (Wildman–Crippen MR) is 81.8 cm³/mol. The minimum absolute atomic E-state index is 0.112. The van der Waals surface area contributed by atoms with Gasteiger partial charge in [-0.3, -0.25) is 0 Å². The topological polar surface area (TPSA) is 29.5 Å². The van der Waals surface area contributed by atoms with Gasteiger partial charge in [-0.25, -0.2) is 0 Å². The first kappa shape index (κ1) is 13.1. The summed E-state index contributed by atoms with van der Waals surface area (Å²) >= 11 is 3.51. The summed E-state index contributed by atoms with van der Waals surface area (Å²) < 4.78 is 7.45. The van der Waals surface area contributed by atoms with E-state index >= 15 is 0 Å². The largest absolute Gasteiger partial charge is 0.487 e. The first-order chi connectivity index (χ1) is 9.65. The van der Waals surface area contributed by atoms with Crippen molar-refractivity contribution in [2.45, 2.75) is 56.7 Å². The fourth-order valence-electron chi connectivity index (χ4n) is 4.23. The highest BCUT2D eigenvalue weighted by Crippen LogP contribution is 2.52. The van der Waals surface area contributed by atoms with Crippen LogP contribution in [0.1, 0.15) is 56.6 Å². The molecule has 0 bridgehead atoms. The monoisotopic (exact) mass is 336 g/mol. The van der Waals surface area contributed by atoms with Crippen LogP contribution in [0.5, 0.6) is 5.75 Å². The van der Waals surface area contributed by atoms with Crippen molar-refractivity contribution < 1.29 is 9.84 Å². The number of rotatable bonds is 1. The third-order valence-corrected chi connectivity index (χ3v) is 5.85. The molecule has 0 saturated heterocycles. The Bertz CT molecular complexity index is 526. The molecule has 1 aromatic carbocycles. The molecule has 1 aliphatic heterocycles. The van der Waals surface area contributed by atoms with Crippen molar-refractivity contribution in [1.82, 2.24) is 0 Å². The van der Waals surface area contributed by atoms with E-state index in [1.165, 1.54) is 25.7 Å². The van der Waals surface area contributed by atoms with Gasteiger partial charge in [0.25, 0.3) is 0 Å². The summed E-state index contributed by atoms with van der Waals surface area (Å²) in [4.78, 5) is 0. The summed E-state index contributed by atoms with van der Waals surface area (Å²) in [5.74, 6) is 2.65. The number of benzene rings is 1. The highest BCUT2D eigenvalue weighted by Gasteiger charge is 2.47. The molecule has 4 rings (SSSR count). The first-order valence-electron chi connectivity index (χ1n) is 7.82. The standard InChI is InChI=1S/C17H21BrO2/c18-13-5-6-14-15(19)10-17(20-16(14)8-13)7-1-2-12(9-17)11-3-4-11/h5-6,8,11-12,15,19H,1-4,7,9-10H2. The Morgan fingerprint density at radius 1 is 1.15 bits per heavy atom. The summed E-state index contributed by atoms with van der Waals surface area (Å²) in [5.41, 5.74) is 0.839. The van der Waals surface area contributed by atoms with Crippen molar-refractivity contribution in [3.8, 4) is 5.75 Å². The quantitative estimate of drug-likeness (QED) is 0.811. The van der Waals surface area contributed by atoms with Crippen molar-refractivity contribution in [3.63, 3.8) is 0 Å². The molecule has 0 radical (unpaired) electrons. The van der Waals surface area contributed by atoms with Gasteiger partial charge in [-0.15, -0.1) is 0 Å². The molecule has 1 spiro atoms. The molecular formula is C17H21BrO2. The molecule has 2 saturated carbocycles. The molecule has 2 aliphatic carbocycles. The number of fused-ring (bicyclic) bond motifs is 1. The van der Waals surface area contributed by atoms with E-state index in [9.17, 15) is 5.11 Å². The van der Waals surface area contributed by atoms with E-state index in [1.807, 2.05) is 18.2 Å². The van der Waals surface area contributed by atoms with Crippen molar-refractivity contribution in [3.05, 3.63) is 28.2 Å². The molecule has 0 amide bonds. The average molecular weight is 337 g/mol. The zero-order chi connectivity index (χ0) is 13.7. The summed E-state index contributed by atoms with van der Waals surface area (Å²) in [6, 6.07) is 5.98. The maximum atomic E-state index is 10.5. The molecule has 3 heteroatoms. The lowest BCUT2D eigenvalue weighted by atomic mass is 9.72. The molecule has 1 heterocycles. The lowest BCUT2D eigenvalue weighted by Gasteiger charge is -2.45. The highest BCUT2D eigenvalue weighted by atomic mass is 79.9. The van der Waals surface area contributed by atoms with Crippen LogP contribution in [0.4, 0.5) is 0 Å². The van der Waals surface area contributed by atoms with Crippen LogP contribution in [0.25, 0.3) is 0 Å². The molecule has 1 N–H and O–H groups in total. The maximum Gasteiger partial charge on any atom is 0.127 e. The van der Waals surface area contributed by atoms with Crippen LogP contribution in [0.3, 0.4) is 0 Å². The van der Waals surface area contributed by atoms with E-state index in [0.29, 0.717) is 0 Å². The van der Waals surface area contributed by atoms with Gasteiger partial charge in [0.2, 0.25) is 0 Å². The Morgan fingerprint density at radius 2 is 2.00 bits per heavy atom. The Kier molecular flexibility index (Phi) is 3.11. The van der Waals surface area contributed by atoms with Gasteiger partial charge in [0.05, 0.1) is 6.10 Å². The van der Waals surface area contributed by atoms with Gasteiger partial charge in [-0.2, -0.15) is 0 Å². The summed E-state index contributed by atoms with van der Waals surface area (Å²) in [7, 11) is 0. The second-order valence-electron chi connectivity index (χ2n) is 6.88. The summed E-state index contributed by atoms with van der Waals surface area (Å²) in [6.45, 7) is 0. The Balaban J connectivity index is 1.63. The minimum atomic E-state index is -0.371. The van der Waals surface area contributed by atoms with E-state index in [-0.39, 0.29) is 11.7 Å². The Labute approximate surface area is 128 Å². The molecule has 2 fully saturated rings. The molecule has 20 heavy (non-hydrogen) atoms. The van der Waals surface area contributed by atoms with Gasteiger partial charge in [0, 0.05) is 16.5 Å². The van der Waals surface area contributed by atoms with E-state index in [4.69, 9.17) is 4.74 Å². The minimum Gasteiger partial charge on any atom is -0.487 e. The molecular weight excluding hydrogens is 316 g/mol. The lowest BCUT2D eigenvalue weighted by Crippen LogP contribution is -2.45. The van der Waals surface area contributed by atoms with Crippen molar-refractivity contribution >= 4 is 15.9 Å². The number of ether oxygens (including phenoxy) is 1. The number of halogens is 1. The summed E-state index contributed by atoms with van der Waals surface area (Å²) in [6.07, 6.45) is 8.06. The smallest absolute Gasteiger partial charge is 0.127 e. The van der Waals surface area contributed by atoms with Gasteiger partial charge in [-0.05, 0) is 62.5 Å². The van der Waals surface area contributed by atoms with Crippen LogP contribution in [-0.4, -0.2) is 10.7 Å². The fraction of sp³-hybridized carbons (Fsp3) is 0.647. The number of hydrogen-bond donors (Lipinski definition) is 1. The predicted octanol–water partition coefficient (Wildman–Crippen LogP) is 4.60. The Morgan fingerprint density at radius 3 is 2.80 bits per heavy atom. The van der Waals surface area contributed by atoms with Crippen LogP contribution in [0, 0.1) is 11.8 Å². The SMILES string of the molecule is OC1CC2(CCCC(C3CC3)C2)Oc2cc(Br)ccc21. The normalized spacial score (nSPS) is 36.5. The average Bonchev–Trinajstić information content (AvgIpc) is 3.22. The van der Waals surface area contributed by atoms with E-state index in [1.54, 1.807) is 0 Å². The number of hydrogen-bond acceptors (Lipinski definition) is 2. The summed E-state index contributed by atoms with van der Waals surface area (Å²) in [5, 5.41) is 10.5. The van der Waals surface area contributed by atoms with Crippen molar-refractivity contribution in [2.24, 2.45) is 11.8 Å². The zero-order valence-electron chi connectivity index (χ0n) is 11.6. The molecule has 2 nitrogen and oxygen atoms in total. The van der Waals surface area contributed by atoms with Gasteiger partial charge >= 0.3 is 0 Å². The van der Waals surface area contributed by atoms with Gasteiger partial charge in [0.1, 0.15) is 11.4 Å². The van der Waals surface area contributed by atoms with Gasteiger partial charge in [-0.1, -0.05) is 22.0 Å². The van der Waals surface area contributed by atoms with E-state index in [2.05, 4.69) is 15.9 Å². The van der Waals surface area contributed by atoms with E-state index in [0.717, 1.165) is 46.9 Å². The van der Waals surface area contributed by atoms with Crippen LogP contribution in [0.15, 0.2) is 22.7 Å². The molecule has 0 aromatic heterocycles. The Hall–Kier alpha value is -0.540.